The molecule has 0 heterocycles. The highest BCUT2D eigenvalue weighted by Crippen LogP contribution is 2.29. The average molecular weight is 227 g/mol. The minimum Gasteiger partial charge on any atom is -0.496 e. The third kappa shape index (κ3) is 2.15. The molecule has 0 radical (unpaired) electrons. The number of hydrogen-bond acceptors (Lipinski definition) is 2. The molecule has 0 atom stereocenters. The van der Waals surface area contributed by atoms with Gasteiger partial charge in [-0.05, 0) is 37.5 Å². The first-order valence-electron chi connectivity index (χ1n) is 4.76. The van der Waals surface area contributed by atoms with Gasteiger partial charge in [-0.1, -0.05) is 6.07 Å². The highest BCUT2D eigenvalue weighted by atomic mass is 35.5. The summed E-state index contributed by atoms with van der Waals surface area (Å²) in [6.07, 6.45) is 0. The summed E-state index contributed by atoms with van der Waals surface area (Å²) in [6.45, 7) is 5.84. The lowest BCUT2D eigenvalue weighted by Gasteiger charge is -2.14. The van der Waals surface area contributed by atoms with Crippen LogP contribution in [0, 0.1) is 20.8 Å². The normalized spacial score (nSPS) is 10.2. The molecule has 0 aromatic heterocycles. The Labute approximate surface area is 95.2 Å². The molecule has 1 aromatic carbocycles. The van der Waals surface area contributed by atoms with Crippen molar-refractivity contribution in [3.63, 3.8) is 0 Å². The third-order valence-electron chi connectivity index (χ3n) is 2.59. The van der Waals surface area contributed by atoms with Crippen molar-refractivity contribution in [3.8, 4) is 5.75 Å². The van der Waals surface area contributed by atoms with Gasteiger partial charge < -0.3 is 4.74 Å². The van der Waals surface area contributed by atoms with E-state index < -0.39 is 0 Å². The minimum absolute atomic E-state index is 0.0142. The molecule has 0 saturated carbocycles. The molecule has 0 saturated heterocycles. The molecule has 82 valence electrons. The van der Waals surface area contributed by atoms with E-state index in [4.69, 9.17) is 16.3 Å². The molecule has 0 N–H and O–H groups in total. The second kappa shape index (κ2) is 4.67. The Bertz CT molecular complexity index is 397. The number of ketones is 1. The summed E-state index contributed by atoms with van der Waals surface area (Å²) in [6, 6.07) is 1.98. The number of rotatable bonds is 3. The highest BCUT2D eigenvalue weighted by Gasteiger charge is 2.17. The van der Waals surface area contributed by atoms with Crippen LogP contribution in [0.25, 0.3) is 0 Å². The second-order valence-electron chi connectivity index (χ2n) is 3.60. The Kier molecular flexibility index (Phi) is 3.75. The summed E-state index contributed by atoms with van der Waals surface area (Å²) in [5.74, 6) is 0.548. The van der Waals surface area contributed by atoms with Crippen LogP contribution in [-0.4, -0.2) is 18.8 Å². The van der Waals surface area contributed by atoms with Crippen molar-refractivity contribution < 1.29 is 9.53 Å². The largest absolute Gasteiger partial charge is 0.496 e. The predicted molar refractivity (Wildman–Crippen MR) is 62.3 cm³/mol. The molecule has 0 aliphatic rings. The Balaban J connectivity index is 3.49. The van der Waals surface area contributed by atoms with E-state index in [-0.39, 0.29) is 11.7 Å². The Morgan fingerprint density at radius 3 is 2.40 bits per heavy atom. The first kappa shape index (κ1) is 12.1. The number of ether oxygens (including phenoxy) is 1. The number of carbonyl (C=O) groups excluding carboxylic acids is 1. The molecule has 0 aliphatic carbocycles. The zero-order valence-electron chi connectivity index (χ0n) is 9.48. The van der Waals surface area contributed by atoms with Gasteiger partial charge in [0.2, 0.25) is 0 Å². The molecular formula is C12H15ClO2. The van der Waals surface area contributed by atoms with Crippen LogP contribution in [0.2, 0.25) is 0 Å². The van der Waals surface area contributed by atoms with Crippen LogP contribution < -0.4 is 4.74 Å². The summed E-state index contributed by atoms with van der Waals surface area (Å²) >= 11 is 5.57. The van der Waals surface area contributed by atoms with Crippen LogP contribution >= 0.6 is 11.6 Å². The molecule has 0 bridgehead atoms. The zero-order valence-corrected chi connectivity index (χ0v) is 10.2. The minimum atomic E-state index is -0.0888. The molecular weight excluding hydrogens is 212 g/mol. The lowest BCUT2D eigenvalue weighted by atomic mass is 9.97. The van der Waals surface area contributed by atoms with Crippen molar-refractivity contribution in [2.24, 2.45) is 0 Å². The smallest absolute Gasteiger partial charge is 0.181 e. The Hall–Kier alpha value is -1.02. The Morgan fingerprint density at radius 2 is 1.93 bits per heavy atom. The molecule has 1 rings (SSSR count). The summed E-state index contributed by atoms with van der Waals surface area (Å²) in [5.41, 5.74) is 3.64. The maximum Gasteiger partial charge on any atom is 0.181 e. The third-order valence-corrected chi connectivity index (χ3v) is 2.83. The first-order valence-corrected chi connectivity index (χ1v) is 5.30. The fourth-order valence-corrected chi connectivity index (χ4v) is 1.85. The quantitative estimate of drug-likeness (QED) is 0.585. The van der Waals surface area contributed by atoms with Crippen molar-refractivity contribution >= 4 is 17.4 Å². The average Bonchev–Trinajstić information content (AvgIpc) is 2.21. The number of hydrogen-bond donors (Lipinski definition) is 0. The van der Waals surface area contributed by atoms with Gasteiger partial charge in [0.25, 0.3) is 0 Å². The number of methoxy groups -OCH3 is 1. The monoisotopic (exact) mass is 226 g/mol. The van der Waals surface area contributed by atoms with E-state index in [1.54, 1.807) is 7.11 Å². The number of aryl methyl sites for hydroxylation is 2. The number of halogens is 1. The standard InChI is InChI=1S/C12H15ClO2/c1-7-5-8(2)11(10(14)6-13)12(15-4)9(7)3/h5H,6H2,1-4H3. The van der Waals surface area contributed by atoms with Crippen LogP contribution in [0.4, 0.5) is 0 Å². The highest BCUT2D eigenvalue weighted by molar-refractivity contribution is 6.31. The van der Waals surface area contributed by atoms with Crippen molar-refractivity contribution in [2.45, 2.75) is 20.8 Å². The molecule has 0 spiro atoms. The van der Waals surface area contributed by atoms with E-state index in [0.29, 0.717) is 11.3 Å². The molecule has 15 heavy (non-hydrogen) atoms. The van der Waals surface area contributed by atoms with E-state index in [1.807, 2.05) is 26.8 Å². The number of benzene rings is 1. The molecule has 2 nitrogen and oxygen atoms in total. The lowest BCUT2D eigenvalue weighted by Crippen LogP contribution is -2.08. The number of alkyl halides is 1. The van der Waals surface area contributed by atoms with Crippen LogP contribution in [0.15, 0.2) is 6.07 Å². The topological polar surface area (TPSA) is 26.3 Å². The van der Waals surface area contributed by atoms with E-state index in [1.165, 1.54) is 0 Å². The van der Waals surface area contributed by atoms with Crippen molar-refractivity contribution in [1.82, 2.24) is 0 Å². The maximum atomic E-state index is 11.7. The van der Waals surface area contributed by atoms with E-state index >= 15 is 0 Å². The van der Waals surface area contributed by atoms with Crippen LogP contribution in [-0.2, 0) is 0 Å². The van der Waals surface area contributed by atoms with Gasteiger partial charge in [-0.3, -0.25) is 4.79 Å². The fourth-order valence-electron chi connectivity index (χ4n) is 1.72. The first-order chi connectivity index (χ1) is 7.02. The van der Waals surface area contributed by atoms with Crippen LogP contribution in [0.3, 0.4) is 0 Å². The molecule has 0 amide bonds. The van der Waals surface area contributed by atoms with Crippen molar-refractivity contribution in [3.05, 3.63) is 28.3 Å². The summed E-state index contributed by atoms with van der Waals surface area (Å²) in [7, 11) is 1.58. The maximum absolute atomic E-state index is 11.7. The number of Topliss-reactive ketones (excluding diaryl/α,β-unsaturated/α-hetero) is 1. The molecule has 1 aromatic rings. The van der Waals surface area contributed by atoms with Gasteiger partial charge in [-0.25, -0.2) is 0 Å². The Morgan fingerprint density at radius 1 is 1.33 bits per heavy atom. The van der Waals surface area contributed by atoms with E-state index in [0.717, 1.165) is 16.7 Å². The van der Waals surface area contributed by atoms with E-state index in [2.05, 4.69) is 0 Å². The zero-order chi connectivity index (χ0) is 11.6. The number of carbonyl (C=O) groups is 1. The van der Waals surface area contributed by atoms with Crippen molar-refractivity contribution in [1.29, 1.82) is 0 Å². The molecule has 0 unspecified atom stereocenters. The van der Waals surface area contributed by atoms with Crippen LogP contribution in [0.5, 0.6) is 5.75 Å². The fraction of sp³-hybridized carbons (Fsp3) is 0.417. The van der Waals surface area contributed by atoms with Crippen molar-refractivity contribution in [2.75, 3.05) is 13.0 Å². The summed E-state index contributed by atoms with van der Waals surface area (Å²) in [4.78, 5) is 11.7. The van der Waals surface area contributed by atoms with Gasteiger partial charge in [0.05, 0.1) is 18.6 Å². The summed E-state index contributed by atoms with van der Waals surface area (Å²) in [5, 5.41) is 0. The summed E-state index contributed by atoms with van der Waals surface area (Å²) < 4.78 is 5.28. The predicted octanol–water partition coefficient (Wildman–Crippen LogP) is 3.04. The van der Waals surface area contributed by atoms with E-state index in [9.17, 15) is 4.79 Å². The second-order valence-corrected chi connectivity index (χ2v) is 3.87. The van der Waals surface area contributed by atoms with Gasteiger partial charge in [0, 0.05) is 0 Å². The SMILES string of the molecule is COc1c(C)c(C)cc(C)c1C(=O)CCl. The lowest BCUT2D eigenvalue weighted by molar-refractivity contribution is 0.101. The van der Waals surface area contributed by atoms with Gasteiger partial charge in [0.1, 0.15) is 5.75 Å². The molecule has 0 fully saturated rings. The van der Waals surface area contributed by atoms with Gasteiger partial charge in [-0.15, -0.1) is 11.6 Å². The van der Waals surface area contributed by atoms with Gasteiger partial charge in [-0.2, -0.15) is 0 Å². The van der Waals surface area contributed by atoms with Crippen LogP contribution in [0.1, 0.15) is 27.0 Å². The molecule has 3 heteroatoms. The van der Waals surface area contributed by atoms with Gasteiger partial charge >= 0.3 is 0 Å². The van der Waals surface area contributed by atoms with Gasteiger partial charge in [0.15, 0.2) is 5.78 Å². The molecule has 0 aliphatic heterocycles.